The Morgan fingerprint density at radius 3 is 2.95 bits per heavy atom. The number of nitrogens with one attached hydrogen (secondary N) is 1. The lowest BCUT2D eigenvalue weighted by molar-refractivity contribution is -0.116. The van der Waals surface area contributed by atoms with Crippen molar-refractivity contribution in [3.05, 3.63) is 11.1 Å². The van der Waals surface area contributed by atoms with E-state index in [4.69, 9.17) is 0 Å². The fourth-order valence-electron chi connectivity index (χ4n) is 2.41. The van der Waals surface area contributed by atoms with E-state index in [9.17, 15) is 4.79 Å². The van der Waals surface area contributed by atoms with Crippen LogP contribution in [0.25, 0.3) is 0 Å². The van der Waals surface area contributed by atoms with Crippen molar-refractivity contribution in [3.63, 3.8) is 0 Å². The summed E-state index contributed by atoms with van der Waals surface area (Å²) in [6.45, 7) is 7.65. The molecule has 0 spiro atoms. The molecule has 2 heterocycles. The average Bonchev–Trinajstić information content (AvgIpc) is 2.86. The number of likely N-dealkylation sites (tertiary alicyclic amines) is 1. The van der Waals surface area contributed by atoms with Crippen LogP contribution in [0.15, 0.2) is 5.38 Å². The summed E-state index contributed by atoms with van der Waals surface area (Å²) in [7, 11) is 0. The lowest BCUT2D eigenvalue weighted by atomic mass is 9.99. The van der Waals surface area contributed by atoms with Gasteiger partial charge in [0.2, 0.25) is 5.91 Å². The van der Waals surface area contributed by atoms with E-state index in [-0.39, 0.29) is 5.91 Å². The van der Waals surface area contributed by atoms with E-state index >= 15 is 0 Å². The molecule has 0 radical (unpaired) electrons. The van der Waals surface area contributed by atoms with Crippen LogP contribution in [0.4, 0.5) is 5.13 Å². The van der Waals surface area contributed by atoms with Crippen molar-refractivity contribution in [2.24, 2.45) is 5.92 Å². The van der Waals surface area contributed by atoms with Crippen molar-refractivity contribution in [2.45, 2.75) is 52.5 Å². The zero-order valence-electron chi connectivity index (χ0n) is 12.5. The number of rotatable bonds is 6. The fourth-order valence-corrected chi connectivity index (χ4v) is 3.12. The van der Waals surface area contributed by atoms with Gasteiger partial charge in [-0.1, -0.05) is 20.3 Å². The molecule has 1 N–H and O–H groups in total. The van der Waals surface area contributed by atoms with Crippen LogP contribution in [0.1, 0.15) is 51.6 Å². The second-order valence-corrected chi connectivity index (χ2v) is 6.61. The third-order valence-electron chi connectivity index (χ3n) is 3.82. The Kier molecular flexibility index (Phi) is 5.98. The van der Waals surface area contributed by atoms with Crippen LogP contribution in [0.2, 0.25) is 0 Å². The van der Waals surface area contributed by atoms with Gasteiger partial charge in [-0.3, -0.25) is 9.69 Å². The van der Waals surface area contributed by atoms with Gasteiger partial charge < -0.3 is 5.32 Å². The molecule has 0 saturated carbocycles. The Labute approximate surface area is 125 Å². The first-order chi connectivity index (χ1) is 9.67. The van der Waals surface area contributed by atoms with Gasteiger partial charge in [0.25, 0.3) is 0 Å². The molecule has 20 heavy (non-hydrogen) atoms. The quantitative estimate of drug-likeness (QED) is 0.873. The molecule has 4 nitrogen and oxygen atoms in total. The zero-order valence-corrected chi connectivity index (χ0v) is 13.3. The Morgan fingerprint density at radius 2 is 2.25 bits per heavy atom. The number of piperidine rings is 1. The number of carbonyl (C=O) groups is 1. The summed E-state index contributed by atoms with van der Waals surface area (Å²) in [6, 6.07) is 0. The summed E-state index contributed by atoms with van der Waals surface area (Å²) in [5.74, 6) is 0.939. The molecule has 1 aliphatic heterocycles. The molecule has 0 aromatic carbocycles. The van der Waals surface area contributed by atoms with E-state index in [0.29, 0.717) is 6.42 Å². The fraction of sp³-hybridized carbons (Fsp3) is 0.733. The van der Waals surface area contributed by atoms with E-state index in [1.165, 1.54) is 24.2 Å². The van der Waals surface area contributed by atoms with E-state index in [2.05, 4.69) is 34.4 Å². The highest BCUT2D eigenvalue weighted by atomic mass is 32.1. The Morgan fingerprint density at radius 1 is 1.50 bits per heavy atom. The van der Waals surface area contributed by atoms with Crippen LogP contribution in [0, 0.1) is 5.92 Å². The number of hydrogen-bond acceptors (Lipinski definition) is 4. The summed E-state index contributed by atoms with van der Waals surface area (Å²) in [6.07, 6.45) is 5.14. The first-order valence-corrected chi connectivity index (χ1v) is 8.52. The number of thiazole rings is 1. The van der Waals surface area contributed by atoms with Gasteiger partial charge in [-0.2, -0.15) is 0 Å². The van der Waals surface area contributed by atoms with Crippen molar-refractivity contribution in [1.29, 1.82) is 0 Å². The molecule has 1 aliphatic rings. The molecule has 112 valence electrons. The van der Waals surface area contributed by atoms with Crippen molar-refractivity contribution < 1.29 is 4.79 Å². The van der Waals surface area contributed by atoms with Gasteiger partial charge in [0.05, 0.1) is 5.69 Å². The van der Waals surface area contributed by atoms with Gasteiger partial charge in [-0.15, -0.1) is 11.3 Å². The van der Waals surface area contributed by atoms with Gasteiger partial charge in [0, 0.05) is 18.3 Å². The Balaban J connectivity index is 1.78. The molecular formula is C15H25N3OS. The summed E-state index contributed by atoms with van der Waals surface area (Å²) < 4.78 is 0. The lowest BCUT2D eigenvalue weighted by Crippen LogP contribution is -2.32. The molecule has 1 fully saturated rings. The van der Waals surface area contributed by atoms with Crippen molar-refractivity contribution in [1.82, 2.24) is 9.88 Å². The molecular weight excluding hydrogens is 270 g/mol. The number of aromatic nitrogens is 1. The molecule has 1 saturated heterocycles. The van der Waals surface area contributed by atoms with Gasteiger partial charge in [0.15, 0.2) is 5.13 Å². The minimum absolute atomic E-state index is 0.0829. The predicted octanol–water partition coefficient (Wildman–Crippen LogP) is 3.50. The standard InChI is InChI=1S/C15H25N3OS/c1-3-4-5-14(19)17-15-16-13(11-20-15)10-18-8-6-12(2)7-9-18/h11-12H,3-10H2,1-2H3,(H,16,17,19). The van der Waals surface area contributed by atoms with Crippen LogP contribution < -0.4 is 5.32 Å². The maximum Gasteiger partial charge on any atom is 0.226 e. The number of amides is 1. The maximum atomic E-state index is 11.7. The van der Waals surface area contributed by atoms with Crippen LogP contribution >= 0.6 is 11.3 Å². The third-order valence-corrected chi connectivity index (χ3v) is 4.62. The molecule has 1 amide bonds. The van der Waals surface area contributed by atoms with Gasteiger partial charge in [0.1, 0.15) is 0 Å². The van der Waals surface area contributed by atoms with E-state index < -0.39 is 0 Å². The lowest BCUT2D eigenvalue weighted by Gasteiger charge is -2.29. The van der Waals surface area contributed by atoms with Crippen molar-refractivity contribution >= 4 is 22.4 Å². The summed E-state index contributed by atoms with van der Waals surface area (Å²) >= 11 is 1.53. The molecule has 0 unspecified atom stereocenters. The molecule has 2 rings (SSSR count). The van der Waals surface area contributed by atoms with E-state index in [1.807, 2.05) is 0 Å². The topological polar surface area (TPSA) is 45.2 Å². The van der Waals surface area contributed by atoms with E-state index in [0.717, 1.165) is 49.2 Å². The average molecular weight is 295 g/mol. The molecule has 5 heteroatoms. The highest BCUT2D eigenvalue weighted by Crippen LogP contribution is 2.21. The normalized spacial score (nSPS) is 17.3. The number of hydrogen-bond donors (Lipinski definition) is 1. The van der Waals surface area contributed by atoms with Gasteiger partial charge in [-0.05, 0) is 38.3 Å². The monoisotopic (exact) mass is 295 g/mol. The second-order valence-electron chi connectivity index (χ2n) is 5.75. The van der Waals surface area contributed by atoms with E-state index in [1.54, 1.807) is 0 Å². The third kappa shape index (κ3) is 4.87. The summed E-state index contributed by atoms with van der Waals surface area (Å²) in [4.78, 5) is 18.6. The van der Waals surface area contributed by atoms with Gasteiger partial charge in [-0.25, -0.2) is 4.98 Å². The zero-order chi connectivity index (χ0) is 14.4. The minimum Gasteiger partial charge on any atom is -0.302 e. The molecule has 0 bridgehead atoms. The van der Waals surface area contributed by atoms with Crippen LogP contribution in [-0.2, 0) is 11.3 Å². The van der Waals surface area contributed by atoms with Crippen molar-refractivity contribution in [2.75, 3.05) is 18.4 Å². The number of unbranched alkanes of at least 4 members (excludes halogenated alkanes) is 1. The number of anilines is 1. The van der Waals surface area contributed by atoms with Crippen LogP contribution in [0.5, 0.6) is 0 Å². The first-order valence-electron chi connectivity index (χ1n) is 7.64. The first kappa shape index (κ1) is 15.4. The molecule has 0 aliphatic carbocycles. The predicted molar refractivity (Wildman–Crippen MR) is 83.9 cm³/mol. The largest absolute Gasteiger partial charge is 0.302 e. The van der Waals surface area contributed by atoms with Gasteiger partial charge >= 0.3 is 0 Å². The maximum absolute atomic E-state index is 11.7. The van der Waals surface area contributed by atoms with Crippen LogP contribution in [-0.4, -0.2) is 28.9 Å². The smallest absolute Gasteiger partial charge is 0.226 e. The van der Waals surface area contributed by atoms with Crippen LogP contribution in [0.3, 0.4) is 0 Å². The SMILES string of the molecule is CCCCC(=O)Nc1nc(CN2CCC(C)CC2)cs1. The summed E-state index contributed by atoms with van der Waals surface area (Å²) in [5.41, 5.74) is 1.08. The second kappa shape index (κ2) is 7.74. The minimum atomic E-state index is 0.0829. The molecule has 1 aromatic rings. The highest BCUT2D eigenvalue weighted by Gasteiger charge is 2.16. The Bertz CT molecular complexity index is 425. The molecule has 1 aromatic heterocycles. The van der Waals surface area contributed by atoms with Crippen molar-refractivity contribution in [3.8, 4) is 0 Å². The molecule has 0 atom stereocenters. The highest BCUT2D eigenvalue weighted by molar-refractivity contribution is 7.13. The summed E-state index contributed by atoms with van der Waals surface area (Å²) in [5, 5.41) is 5.70. The Hall–Kier alpha value is -0.940. The number of nitrogens with zero attached hydrogens (tertiary/aromatic N) is 2. The number of carbonyl (C=O) groups excluding carboxylic acids is 1.